The van der Waals surface area contributed by atoms with E-state index in [1.807, 2.05) is 29.9 Å². The number of anilines is 3. The van der Waals surface area contributed by atoms with Crippen molar-refractivity contribution in [3.05, 3.63) is 35.4 Å². The molecule has 1 aromatic carbocycles. The molecule has 146 valence electrons. The van der Waals surface area contributed by atoms with Gasteiger partial charge in [-0.25, -0.2) is 4.68 Å². The molecule has 2 aromatic rings. The van der Waals surface area contributed by atoms with E-state index in [-0.39, 0.29) is 17.7 Å². The van der Waals surface area contributed by atoms with Crippen LogP contribution in [0.25, 0.3) is 0 Å². The van der Waals surface area contributed by atoms with E-state index >= 15 is 0 Å². The summed E-state index contributed by atoms with van der Waals surface area (Å²) < 4.78 is 1.93. The Morgan fingerprint density at radius 1 is 1.25 bits per heavy atom. The Balaban J connectivity index is 1.37. The maximum Gasteiger partial charge on any atom is 0.253 e. The lowest BCUT2D eigenvalue weighted by atomic mass is 9.98. The molecule has 3 aliphatic rings. The van der Waals surface area contributed by atoms with Gasteiger partial charge in [-0.3, -0.25) is 9.59 Å². The van der Waals surface area contributed by atoms with E-state index in [0.29, 0.717) is 5.82 Å². The topological polar surface area (TPSA) is 82.5 Å². The first-order valence-corrected chi connectivity index (χ1v) is 9.85. The Morgan fingerprint density at radius 3 is 2.96 bits per heavy atom. The van der Waals surface area contributed by atoms with Gasteiger partial charge in [-0.2, -0.15) is 5.10 Å². The summed E-state index contributed by atoms with van der Waals surface area (Å²) in [4.78, 5) is 28.6. The highest BCUT2D eigenvalue weighted by Gasteiger charge is 2.28. The minimum atomic E-state index is 0.0176. The number of amides is 2. The molecule has 4 heterocycles. The van der Waals surface area contributed by atoms with Crippen molar-refractivity contribution in [3.63, 3.8) is 0 Å². The predicted molar refractivity (Wildman–Crippen MR) is 106 cm³/mol. The molecule has 2 amide bonds. The maximum atomic E-state index is 12.4. The Bertz CT molecular complexity index is 946. The van der Waals surface area contributed by atoms with Crippen LogP contribution >= 0.6 is 0 Å². The minimum absolute atomic E-state index is 0.0176. The molecule has 0 saturated carbocycles. The summed E-state index contributed by atoms with van der Waals surface area (Å²) in [6.45, 7) is 3.97. The zero-order valence-corrected chi connectivity index (χ0v) is 15.9. The van der Waals surface area contributed by atoms with Crippen LogP contribution in [-0.4, -0.2) is 59.7 Å². The molecule has 0 aliphatic carbocycles. The molecule has 8 nitrogen and oxygen atoms in total. The van der Waals surface area contributed by atoms with Gasteiger partial charge in [0.05, 0.1) is 12.5 Å². The SMILES string of the molecule is CN1CCc2cc(N3CCn4nc(NC(=O)C5CCNC5)cc43)ccc2C1=O. The number of fused-ring (bicyclic) bond motifs is 2. The smallest absolute Gasteiger partial charge is 0.253 e. The van der Waals surface area contributed by atoms with Crippen LogP contribution in [0, 0.1) is 5.92 Å². The van der Waals surface area contributed by atoms with Crippen LogP contribution < -0.4 is 15.5 Å². The van der Waals surface area contributed by atoms with Gasteiger partial charge in [0.15, 0.2) is 5.82 Å². The molecule has 2 N–H and O–H groups in total. The van der Waals surface area contributed by atoms with E-state index in [0.717, 1.165) is 68.2 Å². The van der Waals surface area contributed by atoms with Crippen LogP contribution in [0.5, 0.6) is 0 Å². The molecule has 1 saturated heterocycles. The fourth-order valence-corrected chi connectivity index (χ4v) is 4.29. The molecule has 1 aromatic heterocycles. The first kappa shape index (κ1) is 17.2. The standard InChI is InChI=1S/C20H24N6O2/c1-24-7-5-13-10-15(2-3-16(13)20(24)28)25-8-9-26-18(25)11-17(23-26)22-19(27)14-4-6-21-12-14/h2-3,10-11,14,21H,4-9,12H2,1H3,(H,22,23,27). The number of carbonyl (C=O) groups is 2. The van der Waals surface area contributed by atoms with E-state index in [2.05, 4.69) is 26.7 Å². The average molecular weight is 380 g/mol. The molecule has 8 heteroatoms. The summed E-state index contributed by atoms with van der Waals surface area (Å²) in [5, 5.41) is 10.7. The molecule has 1 fully saturated rings. The van der Waals surface area contributed by atoms with Gasteiger partial charge in [0, 0.05) is 44.0 Å². The van der Waals surface area contributed by atoms with Gasteiger partial charge in [-0.05, 0) is 43.1 Å². The van der Waals surface area contributed by atoms with Crippen molar-refractivity contribution in [1.82, 2.24) is 20.0 Å². The van der Waals surface area contributed by atoms with Crippen LogP contribution in [0.4, 0.5) is 17.3 Å². The van der Waals surface area contributed by atoms with Gasteiger partial charge in [0.25, 0.3) is 5.91 Å². The molecule has 0 spiro atoms. The Kier molecular flexibility index (Phi) is 4.08. The van der Waals surface area contributed by atoms with E-state index in [1.165, 1.54) is 0 Å². The fraction of sp³-hybridized carbons (Fsp3) is 0.450. The first-order chi connectivity index (χ1) is 13.6. The number of benzene rings is 1. The van der Waals surface area contributed by atoms with Crippen LogP contribution in [0.3, 0.4) is 0 Å². The second-order valence-electron chi connectivity index (χ2n) is 7.76. The highest BCUT2D eigenvalue weighted by Crippen LogP contribution is 2.34. The number of hydrogen-bond donors (Lipinski definition) is 2. The summed E-state index contributed by atoms with van der Waals surface area (Å²) in [5.74, 6) is 1.71. The number of nitrogens with one attached hydrogen (secondary N) is 2. The summed E-state index contributed by atoms with van der Waals surface area (Å²) >= 11 is 0. The van der Waals surface area contributed by atoms with Crippen LogP contribution in [-0.2, 0) is 17.8 Å². The normalized spacial score (nSPS) is 21.0. The molecule has 0 bridgehead atoms. The van der Waals surface area contributed by atoms with Crippen molar-refractivity contribution >= 4 is 29.1 Å². The quantitative estimate of drug-likeness (QED) is 0.837. The van der Waals surface area contributed by atoms with Gasteiger partial charge < -0.3 is 20.4 Å². The van der Waals surface area contributed by atoms with Crippen molar-refractivity contribution in [1.29, 1.82) is 0 Å². The summed E-state index contributed by atoms with van der Waals surface area (Å²) in [6, 6.07) is 7.98. The second kappa shape index (κ2) is 6.63. The van der Waals surface area contributed by atoms with E-state index in [9.17, 15) is 9.59 Å². The van der Waals surface area contributed by atoms with Crippen molar-refractivity contribution in [2.24, 2.45) is 5.92 Å². The number of carbonyl (C=O) groups excluding carboxylic acids is 2. The number of hydrogen-bond acceptors (Lipinski definition) is 5. The van der Waals surface area contributed by atoms with Gasteiger partial charge in [-0.15, -0.1) is 0 Å². The lowest BCUT2D eigenvalue weighted by Crippen LogP contribution is -2.34. The van der Waals surface area contributed by atoms with Crippen LogP contribution in [0.2, 0.25) is 0 Å². The highest BCUT2D eigenvalue weighted by atomic mass is 16.2. The molecule has 3 aliphatic heterocycles. The lowest BCUT2D eigenvalue weighted by molar-refractivity contribution is -0.119. The summed E-state index contributed by atoms with van der Waals surface area (Å²) in [6.07, 6.45) is 1.74. The predicted octanol–water partition coefficient (Wildman–Crippen LogP) is 1.21. The lowest BCUT2D eigenvalue weighted by Gasteiger charge is -2.26. The number of rotatable bonds is 3. The highest BCUT2D eigenvalue weighted by molar-refractivity contribution is 5.97. The Hall–Kier alpha value is -2.87. The number of likely N-dealkylation sites (N-methyl/N-ethyl adjacent to an activating group) is 1. The van der Waals surface area contributed by atoms with Crippen LogP contribution in [0.15, 0.2) is 24.3 Å². The molecule has 0 radical (unpaired) electrons. The van der Waals surface area contributed by atoms with Crippen molar-refractivity contribution < 1.29 is 9.59 Å². The second-order valence-corrected chi connectivity index (χ2v) is 7.76. The molecule has 1 atom stereocenters. The first-order valence-electron chi connectivity index (χ1n) is 9.85. The van der Waals surface area contributed by atoms with Gasteiger partial charge in [-0.1, -0.05) is 0 Å². The fourth-order valence-electron chi connectivity index (χ4n) is 4.29. The Morgan fingerprint density at radius 2 is 2.14 bits per heavy atom. The summed E-state index contributed by atoms with van der Waals surface area (Å²) in [7, 11) is 1.84. The largest absolute Gasteiger partial charge is 0.341 e. The third kappa shape index (κ3) is 2.84. The maximum absolute atomic E-state index is 12.4. The zero-order valence-electron chi connectivity index (χ0n) is 15.9. The zero-order chi connectivity index (χ0) is 19.3. The summed E-state index contributed by atoms with van der Waals surface area (Å²) in [5.41, 5.74) is 2.96. The number of nitrogens with zero attached hydrogens (tertiary/aromatic N) is 4. The van der Waals surface area contributed by atoms with E-state index in [4.69, 9.17) is 0 Å². The van der Waals surface area contributed by atoms with E-state index in [1.54, 1.807) is 4.90 Å². The van der Waals surface area contributed by atoms with Gasteiger partial charge in [0.2, 0.25) is 5.91 Å². The monoisotopic (exact) mass is 380 g/mol. The minimum Gasteiger partial charge on any atom is -0.341 e. The number of aromatic nitrogens is 2. The van der Waals surface area contributed by atoms with Gasteiger partial charge in [0.1, 0.15) is 5.82 Å². The molecule has 28 heavy (non-hydrogen) atoms. The molecular formula is C20H24N6O2. The van der Waals surface area contributed by atoms with Crippen molar-refractivity contribution in [3.8, 4) is 0 Å². The third-order valence-electron chi connectivity index (χ3n) is 5.95. The average Bonchev–Trinajstić information content (AvgIpc) is 3.41. The third-order valence-corrected chi connectivity index (χ3v) is 5.95. The van der Waals surface area contributed by atoms with E-state index < -0.39 is 0 Å². The Labute approximate surface area is 163 Å². The van der Waals surface area contributed by atoms with Crippen molar-refractivity contribution in [2.45, 2.75) is 19.4 Å². The van der Waals surface area contributed by atoms with Crippen LogP contribution in [0.1, 0.15) is 22.3 Å². The molecule has 1 unspecified atom stereocenters. The molecule has 5 rings (SSSR count). The van der Waals surface area contributed by atoms with Gasteiger partial charge >= 0.3 is 0 Å². The van der Waals surface area contributed by atoms with Crippen molar-refractivity contribution in [2.75, 3.05) is 43.4 Å². The molecular weight excluding hydrogens is 356 g/mol.